The molecule has 0 bridgehead atoms. The summed E-state index contributed by atoms with van der Waals surface area (Å²) >= 11 is 0. The molecule has 0 saturated carbocycles. The molecule has 1 aromatic heterocycles. The minimum atomic E-state index is -0.202. The Bertz CT molecular complexity index is 669. The van der Waals surface area contributed by atoms with E-state index >= 15 is 0 Å². The minimum absolute atomic E-state index is 0.0106. The first-order valence-corrected chi connectivity index (χ1v) is 5.49. The number of nitrogens with zero attached hydrogens (tertiary/aromatic N) is 1. The number of H-pyrrole nitrogens is 1. The fourth-order valence-electron chi connectivity index (χ4n) is 1.77. The van der Waals surface area contributed by atoms with Crippen molar-refractivity contribution in [1.29, 1.82) is 5.26 Å². The van der Waals surface area contributed by atoms with Crippen molar-refractivity contribution in [3.63, 3.8) is 0 Å². The maximum atomic E-state index is 12.0. The second kappa shape index (κ2) is 3.74. The molecule has 3 nitrogen and oxygen atoms in total. The van der Waals surface area contributed by atoms with Crippen LogP contribution in [0.3, 0.4) is 0 Å². The summed E-state index contributed by atoms with van der Waals surface area (Å²) in [5.74, 6) is 0. The molecular formula is C14H14N2O. The van der Waals surface area contributed by atoms with Crippen LogP contribution in [0.2, 0.25) is 0 Å². The van der Waals surface area contributed by atoms with Crippen molar-refractivity contribution in [3.05, 3.63) is 45.7 Å². The second-order valence-electron chi connectivity index (χ2n) is 5.15. The molecule has 86 valence electrons. The maximum Gasteiger partial charge on any atom is 0.207 e. The molecule has 2 aromatic rings. The van der Waals surface area contributed by atoms with E-state index in [2.05, 4.69) is 25.8 Å². The summed E-state index contributed by atoms with van der Waals surface area (Å²) < 4.78 is 0. The number of aromatic nitrogens is 1. The Balaban J connectivity index is 2.81. The van der Waals surface area contributed by atoms with Crippen LogP contribution in [0.25, 0.3) is 10.9 Å². The number of nitriles is 1. The number of hydrogen-bond donors (Lipinski definition) is 1. The van der Waals surface area contributed by atoms with Gasteiger partial charge in [-0.25, -0.2) is 0 Å². The number of benzene rings is 1. The number of rotatable bonds is 0. The largest absolute Gasteiger partial charge is 0.360 e. The van der Waals surface area contributed by atoms with Crippen molar-refractivity contribution in [2.45, 2.75) is 26.2 Å². The molecule has 2 rings (SSSR count). The van der Waals surface area contributed by atoms with Crippen LogP contribution in [0.4, 0.5) is 0 Å². The third-order valence-electron chi connectivity index (χ3n) is 2.87. The standard InChI is InChI=1S/C14H14N2O/c1-14(2,3)10-4-5-12-11(6-10)13(17)9(7-15)8-16-12/h4-6,8H,1-3H3,(H,16,17). The first kappa shape index (κ1) is 11.4. The molecule has 1 N–H and O–H groups in total. The van der Waals surface area contributed by atoms with E-state index in [-0.39, 0.29) is 16.4 Å². The molecule has 1 aromatic carbocycles. The highest BCUT2D eigenvalue weighted by atomic mass is 16.1. The molecule has 0 spiro atoms. The van der Waals surface area contributed by atoms with Crippen LogP contribution in [0.5, 0.6) is 0 Å². The molecule has 0 saturated heterocycles. The third-order valence-corrected chi connectivity index (χ3v) is 2.87. The molecule has 0 amide bonds. The molecular weight excluding hydrogens is 212 g/mol. The van der Waals surface area contributed by atoms with E-state index in [9.17, 15) is 4.79 Å². The van der Waals surface area contributed by atoms with E-state index in [0.29, 0.717) is 5.39 Å². The van der Waals surface area contributed by atoms with Gasteiger partial charge in [0.15, 0.2) is 0 Å². The van der Waals surface area contributed by atoms with Gasteiger partial charge in [0.1, 0.15) is 11.6 Å². The monoisotopic (exact) mass is 226 g/mol. The van der Waals surface area contributed by atoms with Crippen molar-refractivity contribution < 1.29 is 0 Å². The SMILES string of the molecule is CC(C)(C)c1ccc2[nH]cc(C#N)c(=O)c2c1. The van der Waals surface area contributed by atoms with Crippen LogP contribution >= 0.6 is 0 Å². The summed E-state index contributed by atoms with van der Waals surface area (Å²) in [4.78, 5) is 15.0. The van der Waals surface area contributed by atoms with E-state index in [1.54, 1.807) is 0 Å². The topological polar surface area (TPSA) is 56.6 Å². The summed E-state index contributed by atoms with van der Waals surface area (Å²) in [6, 6.07) is 7.66. The third kappa shape index (κ3) is 1.94. The number of hydrogen-bond acceptors (Lipinski definition) is 2. The van der Waals surface area contributed by atoms with E-state index in [4.69, 9.17) is 5.26 Å². The Morgan fingerprint density at radius 1 is 1.29 bits per heavy atom. The zero-order valence-corrected chi connectivity index (χ0v) is 10.2. The molecule has 3 heteroatoms. The Labute approximate surface area is 99.7 Å². The van der Waals surface area contributed by atoms with Crippen LogP contribution in [0.1, 0.15) is 31.9 Å². The van der Waals surface area contributed by atoms with E-state index in [1.165, 1.54) is 6.20 Å². The molecule has 0 aliphatic heterocycles. The predicted octanol–water partition coefficient (Wildman–Crippen LogP) is 2.70. The zero-order valence-electron chi connectivity index (χ0n) is 10.2. The van der Waals surface area contributed by atoms with Crippen molar-refractivity contribution in [2.75, 3.05) is 0 Å². The van der Waals surface area contributed by atoms with Gasteiger partial charge in [-0.2, -0.15) is 5.26 Å². The molecule has 0 radical (unpaired) electrons. The Morgan fingerprint density at radius 3 is 2.59 bits per heavy atom. The Morgan fingerprint density at radius 2 is 2.00 bits per heavy atom. The Hall–Kier alpha value is -2.08. The van der Waals surface area contributed by atoms with Gasteiger partial charge < -0.3 is 4.98 Å². The van der Waals surface area contributed by atoms with Crippen molar-refractivity contribution in [1.82, 2.24) is 4.98 Å². The molecule has 0 aliphatic rings. The van der Waals surface area contributed by atoms with Gasteiger partial charge in [0.2, 0.25) is 5.43 Å². The highest BCUT2D eigenvalue weighted by molar-refractivity contribution is 5.80. The van der Waals surface area contributed by atoms with Gasteiger partial charge in [-0.05, 0) is 23.1 Å². The van der Waals surface area contributed by atoms with Crippen LogP contribution < -0.4 is 5.43 Å². The number of fused-ring (bicyclic) bond motifs is 1. The maximum absolute atomic E-state index is 12.0. The van der Waals surface area contributed by atoms with Gasteiger partial charge in [0, 0.05) is 17.1 Å². The van der Waals surface area contributed by atoms with E-state index < -0.39 is 0 Å². The quantitative estimate of drug-likeness (QED) is 0.750. The molecule has 0 aliphatic carbocycles. The smallest absolute Gasteiger partial charge is 0.207 e. The average Bonchev–Trinajstić information content (AvgIpc) is 2.28. The molecule has 0 atom stereocenters. The first-order valence-electron chi connectivity index (χ1n) is 5.49. The summed E-state index contributed by atoms with van der Waals surface area (Å²) in [7, 11) is 0. The van der Waals surface area contributed by atoms with Crippen LogP contribution in [-0.2, 0) is 5.41 Å². The van der Waals surface area contributed by atoms with Crippen molar-refractivity contribution in [2.24, 2.45) is 0 Å². The van der Waals surface area contributed by atoms with Gasteiger partial charge in [0.25, 0.3) is 0 Å². The normalized spacial score (nSPS) is 11.4. The van der Waals surface area contributed by atoms with Crippen molar-refractivity contribution >= 4 is 10.9 Å². The van der Waals surface area contributed by atoms with Gasteiger partial charge in [-0.15, -0.1) is 0 Å². The van der Waals surface area contributed by atoms with E-state index in [0.717, 1.165) is 11.1 Å². The second-order valence-corrected chi connectivity index (χ2v) is 5.15. The lowest BCUT2D eigenvalue weighted by molar-refractivity contribution is 0.591. The van der Waals surface area contributed by atoms with Gasteiger partial charge in [-0.3, -0.25) is 4.79 Å². The average molecular weight is 226 g/mol. The van der Waals surface area contributed by atoms with E-state index in [1.807, 2.05) is 24.3 Å². The minimum Gasteiger partial charge on any atom is -0.360 e. The molecule has 0 fully saturated rings. The summed E-state index contributed by atoms with van der Waals surface area (Å²) in [5, 5.41) is 9.42. The molecule has 17 heavy (non-hydrogen) atoms. The summed E-state index contributed by atoms with van der Waals surface area (Å²) in [5.41, 5.74) is 1.80. The fraction of sp³-hybridized carbons (Fsp3) is 0.286. The fourth-order valence-corrected chi connectivity index (χ4v) is 1.77. The predicted molar refractivity (Wildman–Crippen MR) is 68.0 cm³/mol. The van der Waals surface area contributed by atoms with Crippen LogP contribution in [0.15, 0.2) is 29.2 Å². The molecule has 0 unspecified atom stereocenters. The first-order chi connectivity index (χ1) is 7.93. The molecule has 1 heterocycles. The number of pyridine rings is 1. The lowest BCUT2D eigenvalue weighted by Gasteiger charge is -2.19. The van der Waals surface area contributed by atoms with Crippen molar-refractivity contribution in [3.8, 4) is 6.07 Å². The lowest BCUT2D eigenvalue weighted by atomic mass is 9.86. The van der Waals surface area contributed by atoms with Crippen LogP contribution in [-0.4, -0.2) is 4.98 Å². The highest BCUT2D eigenvalue weighted by Gasteiger charge is 2.15. The lowest BCUT2D eigenvalue weighted by Crippen LogP contribution is -2.13. The number of aromatic amines is 1. The van der Waals surface area contributed by atoms with Crippen LogP contribution in [0, 0.1) is 11.3 Å². The highest BCUT2D eigenvalue weighted by Crippen LogP contribution is 2.24. The summed E-state index contributed by atoms with van der Waals surface area (Å²) in [6.45, 7) is 6.28. The Kier molecular flexibility index (Phi) is 2.51. The summed E-state index contributed by atoms with van der Waals surface area (Å²) in [6.07, 6.45) is 1.46. The zero-order chi connectivity index (χ0) is 12.6. The van der Waals surface area contributed by atoms with Gasteiger partial charge in [-0.1, -0.05) is 26.8 Å². The van der Waals surface area contributed by atoms with Gasteiger partial charge in [0.05, 0.1) is 0 Å². The van der Waals surface area contributed by atoms with Gasteiger partial charge >= 0.3 is 0 Å². The number of nitrogens with one attached hydrogen (secondary N) is 1.